The predicted molar refractivity (Wildman–Crippen MR) is 79.2 cm³/mol. The lowest BCUT2D eigenvalue weighted by atomic mass is 10.1. The van der Waals surface area contributed by atoms with Gasteiger partial charge >= 0.3 is 0 Å². The highest BCUT2D eigenvalue weighted by Crippen LogP contribution is 2.22. The second kappa shape index (κ2) is 5.63. The van der Waals surface area contributed by atoms with E-state index in [0.29, 0.717) is 0 Å². The lowest BCUT2D eigenvalue weighted by Crippen LogP contribution is -2.23. The third kappa shape index (κ3) is 4.19. The summed E-state index contributed by atoms with van der Waals surface area (Å²) in [6.07, 6.45) is 0. The average molecular weight is 250 g/mol. The number of hydrogen-bond donors (Lipinski definition) is 0. The maximum atomic E-state index is 5.92. The third-order valence-corrected chi connectivity index (χ3v) is 2.42. The zero-order valence-electron chi connectivity index (χ0n) is 11.6. The van der Waals surface area contributed by atoms with Crippen molar-refractivity contribution in [3.63, 3.8) is 0 Å². The van der Waals surface area contributed by atoms with Crippen LogP contribution in [0.1, 0.15) is 31.9 Å². The van der Waals surface area contributed by atoms with Gasteiger partial charge in [0.1, 0.15) is 11.4 Å². The fourth-order valence-corrected chi connectivity index (χ4v) is 1.65. The molecule has 2 aromatic rings. The van der Waals surface area contributed by atoms with Crippen LogP contribution in [-0.4, -0.2) is 5.60 Å². The Hall–Kier alpha value is -2.20. The van der Waals surface area contributed by atoms with Crippen LogP contribution in [0.15, 0.2) is 54.6 Å². The van der Waals surface area contributed by atoms with Crippen LogP contribution in [-0.2, 0) is 0 Å². The zero-order chi connectivity index (χ0) is 13.7. The minimum Gasteiger partial charge on any atom is -0.487 e. The topological polar surface area (TPSA) is 9.23 Å². The van der Waals surface area contributed by atoms with E-state index in [4.69, 9.17) is 4.74 Å². The molecular formula is C18H18O. The van der Waals surface area contributed by atoms with Gasteiger partial charge in [0.2, 0.25) is 0 Å². The van der Waals surface area contributed by atoms with Crippen LogP contribution in [0.3, 0.4) is 0 Å². The molecule has 0 saturated carbocycles. The molecule has 0 heterocycles. The van der Waals surface area contributed by atoms with Crippen molar-refractivity contribution in [2.75, 3.05) is 0 Å². The smallest absolute Gasteiger partial charge is 0.135 e. The molecule has 0 saturated heterocycles. The van der Waals surface area contributed by atoms with E-state index >= 15 is 0 Å². The molecule has 0 unspecified atom stereocenters. The predicted octanol–water partition coefficient (Wildman–Crippen LogP) is 4.26. The summed E-state index contributed by atoms with van der Waals surface area (Å²) in [5, 5.41) is 0. The molecule has 0 atom stereocenters. The lowest BCUT2D eigenvalue weighted by Gasteiger charge is -2.22. The van der Waals surface area contributed by atoms with Gasteiger partial charge in [0.15, 0.2) is 0 Å². The number of para-hydroxylation sites is 1. The highest BCUT2D eigenvalue weighted by atomic mass is 16.5. The minimum absolute atomic E-state index is 0.218. The van der Waals surface area contributed by atoms with Gasteiger partial charge in [-0.25, -0.2) is 0 Å². The minimum atomic E-state index is -0.218. The Morgan fingerprint density at radius 1 is 0.789 bits per heavy atom. The van der Waals surface area contributed by atoms with Crippen molar-refractivity contribution in [3.8, 4) is 17.6 Å². The first-order chi connectivity index (χ1) is 9.04. The van der Waals surface area contributed by atoms with Crippen molar-refractivity contribution in [3.05, 3.63) is 65.7 Å². The summed E-state index contributed by atoms with van der Waals surface area (Å²) in [4.78, 5) is 0. The lowest BCUT2D eigenvalue weighted by molar-refractivity contribution is 0.130. The van der Waals surface area contributed by atoms with Crippen LogP contribution < -0.4 is 4.74 Å². The van der Waals surface area contributed by atoms with Crippen molar-refractivity contribution >= 4 is 0 Å². The standard InChI is InChI=1S/C18H18O/c1-18(2,3)19-17-12-8-7-11-16(17)14-13-15-9-5-4-6-10-15/h4-12H,1-3H3. The van der Waals surface area contributed by atoms with Gasteiger partial charge in [0.25, 0.3) is 0 Å². The maximum Gasteiger partial charge on any atom is 0.135 e. The summed E-state index contributed by atoms with van der Waals surface area (Å²) in [7, 11) is 0. The van der Waals surface area contributed by atoms with Crippen LogP contribution in [0.4, 0.5) is 0 Å². The third-order valence-electron chi connectivity index (χ3n) is 2.42. The molecule has 1 heteroatoms. The number of hydrogen-bond acceptors (Lipinski definition) is 1. The first kappa shape index (κ1) is 13.2. The van der Waals surface area contributed by atoms with Gasteiger partial charge in [0, 0.05) is 5.56 Å². The molecule has 0 aromatic heterocycles. The van der Waals surface area contributed by atoms with E-state index in [0.717, 1.165) is 16.9 Å². The highest BCUT2D eigenvalue weighted by Gasteiger charge is 2.13. The highest BCUT2D eigenvalue weighted by molar-refractivity contribution is 5.49. The molecule has 0 aliphatic rings. The Kier molecular flexibility index (Phi) is 3.92. The maximum absolute atomic E-state index is 5.92. The molecule has 0 radical (unpaired) electrons. The van der Waals surface area contributed by atoms with Gasteiger partial charge in [-0.15, -0.1) is 0 Å². The Labute approximate surface area is 115 Å². The first-order valence-electron chi connectivity index (χ1n) is 6.40. The van der Waals surface area contributed by atoms with Crippen LogP contribution in [0.25, 0.3) is 0 Å². The molecule has 0 N–H and O–H groups in total. The number of benzene rings is 2. The van der Waals surface area contributed by atoms with Gasteiger partial charge < -0.3 is 4.74 Å². The molecule has 0 bridgehead atoms. The molecule has 0 aliphatic carbocycles. The van der Waals surface area contributed by atoms with Crippen LogP contribution in [0.2, 0.25) is 0 Å². The molecule has 0 spiro atoms. The Morgan fingerprint density at radius 3 is 2.11 bits per heavy atom. The van der Waals surface area contributed by atoms with E-state index in [-0.39, 0.29) is 5.60 Å². The normalized spacial score (nSPS) is 10.5. The molecule has 2 rings (SSSR count). The van der Waals surface area contributed by atoms with Crippen molar-refractivity contribution in [2.24, 2.45) is 0 Å². The van der Waals surface area contributed by atoms with Crippen molar-refractivity contribution < 1.29 is 4.74 Å². The SMILES string of the molecule is CC(C)(C)Oc1ccccc1C#Cc1ccccc1. The van der Waals surface area contributed by atoms with Crippen LogP contribution >= 0.6 is 0 Å². The zero-order valence-corrected chi connectivity index (χ0v) is 11.6. The van der Waals surface area contributed by atoms with E-state index in [1.165, 1.54) is 0 Å². The summed E-state index contributed by atoms with van der Waals surface area (Å²) < 4.78 is 5.92. The summed E-state index contributed by atoms with van der Waals surface area (Å²) in [5.74, 6) is 7.17. The van der Waals surface area contributed by atoms with Gasteiger partial charge in [-0.2, -0.15) is 0 Å². The first-order valence-corrected chi connectivity index (χ1v) is 6.40. The van der Waals surface area contributed by atoms with Crippen molar-refractivity contribution in [2.45, 2.75) is 26.4 Å². The molecule has 0 amide bonds. The molecule has 0 aliphatic heterocycles. The molecule has 19 heavy (non-hydrogen) atoms. The largest absolute Gasteiger partial charge is 0.487 e. The van der Waals surface area contributed by atoms with Crippen LogP contribution in [0, 0.1) is 11.8 Å². The molecule has 96 valence electrons. The van der Waals surface area contributed by atoms with Gasteiger partial charge in [-0.3, -0.25) is 0 Å². The number of rotatable bonds is 1. The van der Waals surface area contributed by atoms with E-state index in [2.05, 4.69) is 11.8 Å². The Morgan fingerprint density at radius 2 is 1.42 bits per heavy atom. The average Bonchev–Trinajstić information content (AvgIpc) is 2.37. The Balaban J connectivity index is 2.29. The molecular weight excluding hydrogens is 232 g/mol. The van der Waals surface area contributed by atoms with E-state index in [9.17, 15) is 0 Å². The summed E-state index contributed by atoms with van der Waals surface area (Å²) in [6, 6.07) is 17.8. The van der Waals surface area contributed by atoms with E-state index < -0.39 is 0 Å². The van der Waals surface area contributed by atoms with Crippen molar-refractivity contribution in [1.29, 1.82) is 0 Å². The van der Waals surface area contributed by atoms with E-state index in [1.807, 2.05) is 75.4 Å². The van der Waals surface area contributed by atoms with Crippen LogP contribution in [0.5, 0.6) is 5.75 Å². The monoisotopic (exact) mass is 250 g/mol. The summed E-state index contributed by atoms with van der Waals surface area (Å²) in [6.45, 7) is 6.11. The molecule has 0 fully saturated rings. The summed E-state index contributed by atoms with van der Waals surface area (Å²) in [5.41, 5.74) is 1.71. The number of ether oxygens (including phenoxy) is 1. The second-order valence-corrected chi connectivity index (χ2v) is 5.33. The quantitative estimate of drug-likeness (QED) is 0.687. The second-order valence-electron chi connectivity index (χ2n) is 5.33. The summed E-state index contributed by atoms with van der Waals surface area (Å²) >= 11 is 0. The van der Waals surface area contributed by atoms with E-state index in [1.54, 1.807) is 0 Å². The van der Waals surface area contributed by atoms with Gasteiger partial charge in [0.05, 0.1) is 5.56 Å². The van der Waals surface area contributed by atoms with Gasteiger partial charge in [-0.05, 0) is 45.0 Å². The Bertz CT molecular complexity index is 595. The molecule has 1 nitrogen and oxygen atoms in total. The van der Waals surface area contributed by atoms with Gasteiger partial charge in [-0.1, -0.05) is 42.2 Å². The fourth-order valence-electron chi connectivity index (χ4n) is 1.65. The van der Waals surface area contributed by atoms with Crippen molar-refractivity contribution in [1.82, 2.24) is 0 Å². The fraction of sp³-hybridized carbons (Fsp3) is 0.222. The molecule has 2 aromatic carbocycles.